The van der Waals surface area contributed by atoms with Crippen molar-refractivity contribution in [2.45, 2.75) is 109 Å². The van der Waals surface area contributed by atoms with Gasteiger partial charge >= 0.3 is 7.60 Å². The highest BCUT2D eigenvalue weighted by Crippen LogP contribution is 2.53. The minimum absolute atomic E-state index is 0.0200. The van der Waals surface area contributed by atoms with Crippen LogP contribution in [0.2, 0.25) is 0 Å². The van der Waals surface area contributed by atoms with Crippen molar-refractivity contribution in [3.8, 4) is 0 Å². The topological polar surface area (TPSA) is 130 Å². The predicted octanol–water partition coefficient (Wildman–Crippen LogP) is 1.74. The highest BCUT2D eigenvalue weighted by atomic mass is 31.2. The Morgan fingerprint density at radius 3 is 1.73 bits per heavy atom. The summed E-state index contributed by atoms with van der Waals surface area (Å²) in [6, 6.07) is 1.99. The minimum atomic E-state index is -4.00. The van der Waals surface area contributed by atoms with Crippen molar-refractivity contribution in [1.82, 2.24) is 4.90 Å². The molecule has 1 unspecified atom stereocenters. The average molecular weight is 489 g/mol. The molecular formula is C23H41N2O7P. The molecule has 0 aromatic rings. The molecule has 10 heteroatoms. The van der Waals surface area contributed by atoms with Crippen LogP contribution in [0.4, 0.5) is 0 Å². The van der Waals surface area contributed by atoms with Gasteiger partial charge in [-0.05, 0) is 65.2 Å². The van der Waals surface area contributed by atoms with Crippen molar-refractivity contribution in [3.05, 3.63) is 0 Å². The number of nitrogens with zero attached hydrogens (tertiary/aromatic N) is 1. The number of imide groups is 1. The molecule has 1 atom stereocenters. The molecule has 0 radical (unpaired) electrons. The van der Waals surface area contributed by atoms with Crippen molar-refractivity contribution in [2.24, 2.45) is 0 Å². The lowest BCUT2D eigenvalue weighted by molar-refractivity contribution is -0.725. The zero-order valence-electron chi connectivity index (χ0n) is 20.2. The molecule has 9 nitrogen and oxygen atoms in total. The van der Waals surface area contributed by atoms with Crippen LogP contribution in [0.5, 0.6) is 0 Å². The van der Waals surface area contributed by atoms with Gasteiger partial charge in [0.15, 0.2) is 0 Å². The predicted molar refractivity (Wildman–Crippen MR) is 121 cm³/mol. The van der Waals surface area contributed by atoms with Crippen LogP contribution in [-0.4, -0.2) is 60.2 Å². The summed E-state index contributed by atoms with van der Waals surface area (Å²) in [4.78, 5) is 35.0. The van der Waals surface area contributed by atoms with Gasteiger partial charge in [0, 0.05) is 19.4 Å². The molecule has 0 spiro atoms. The Bertz CT molecular complexity index is 648. The third kappa shape index (κ3) is 8.78. The molecule has 2 aliphatic carbocycles. The molecule has 1 aliphatic heterocycles. The largest absolute Gasteiger partial charge is 0.549 e. The third-order valence-corrected chi connectivity index (χ3v) is 9.00. The maximum atomic E-state index is 12.4. The van der Waals surface area contributed by atoms with Crippen LogP contribution in [0.15, 0.2) is 0 Å². The molecule has 3 rings (SSSR count). The number of aliphatic carboxylic acids is 1. The number of quaternary nitrogens is 1. The molecule has 3 aliphatic rings. The third-order valence-electron chi connectivity index (χ3n) is 6.63. The number of hydrogen-bond donors (Lipinski definition) is 1. The van der Waals surface area contributed by atoms with Gasteiger partial charge in [-0.3, -0.25) is 19.1 Å². The maximum absolute atomic E-state index is 12.4. The summed E-state index contributed by atoms with van der Waals surface area (Å²) < 4.78 is 22.3. The van der Waals surface area contributed by atoms with Crippen LogP contribution in [0.3, 0.4) is 0 Å². The van der Waals surface area contributed by atoms with E-state index in [1.165, 1.54) is 78.1 Å². The lowest BCUT2D eigenvalue weighted by Crippen LogP contribution is -2.95. The van der Waals surface area contributed by atoms with E-state index < -0.39 is 37.6 Å². The smallest absolute Gasteiger partial charge is 0.341 e. The zero-order valence-corrected chi connectivity index (χ0v) is 21.1. The van der Waals surface area contributed by atoms with Crippen LogP contribution in [-0.2, 0) is 28.0 Å². The Labute approximate surface area is 197 Å². The van der Waals surface area contributed by atoms with E-state index in [0.29, 0.717) is 0 Å². The second-order valence-corrected chi connectivity index (χ2v) is 11.3. The van der Waals surface area contributed by atoms with Gasteiger partial charge in [0.2, 0.25) is 11.8 Å². The van der Waals surface area contributed by atoms with E-state index >= 15 is 0 Å². The van der Waals surface area contributed by atoms with Gasteiger partial charge in [0.1, 0.15) is 5.66 Å². The van der Waals surface area contributed by atoms with Crippen LogP contribution in [0.1, 0.15) is 90.9 Å². The Morgan fingerprint density at radius 2 is 1.36 bits per heavy atom. The van der Waals surface area contributed by atoms with Crippen molar-refractivity contribution >= 4 is 25.4 Å². The number of likely N-dealkylation sites (tertiary alicyclic amines) is 1. The second-order valence-electron chi connectivity index (χ2n) is 9.10. The summed E-state index contributed by atoms with van der Waals surface area (Å²) >= 11 is 0. The van der Waals surface area contributed by atoms with E-state index in [1.54, 1.807) is 0 Å². The fourth-order valence-electron chi connectivity index (χ4n) is 4.92. The first-order valence-electron chi connectivity index (χ1n) is 12.6. The number of amides is 2. The molecule has 33 heavy (non-hydrogen) atoms. The molecule has 2 amide bonds. The lowest BCUT2D eigenvalue weighted by Gasteiger charge is -2.29. The quantitative estimate of drug-likeness (QED) is 0.366. The summed E-state index contributed by atoms with van der Waals surface area (Å²) in [6.45, 7) is 2.46. The van der Waals surface area contributed by atoms with Gasteiger partial charge in [0.25, 0.3) is 0 Å². The van der Waals surface area contributed by atoms with Gasteiger partial charge in [-0.15, -0.1) is 0 Å². The van der Waals surface area contributed by atoms with Crippen molar-refractivity contribution in [1.29, 1.82) is 0 Å². The fraction of sp³-hybridized carbons (Fsp3) is 0.870. The number of carboxylic acids is 1. The first-order valence-corrected chi connectivity index (χ1v) is 14.2. The van der Waals surface area contributed by atoms with Crippen LogP contribution < -0.4 is 10.4 Å². The fourth-order valence-corrected chi connectivity index (χ4v) is 6.69. The maximum Gasteiger partial charge on any atom is 0.341 e. The number of carboxylic acid groups (broad SMARTS) is 1. The molecular weight excluding hydrogens is 447 g/mol. The van der Waals surface area contributed by atoms with Crippen molar-refractivity contribution < 1.29 is 38.4 Å². The standard InChI is InChI=1S/C12H23N.C11H18NO7P/c1-3-7-11(8-4-1)13-12-9-5-2-6-10-12;1-3-18-20(17,19-4-2)8(11(15)16)7-12-9(13)5-6-10(12)14/h11-13H,1-10H2;8H,3-7H2,1-2H3,(H,15,16). The molecule has 1 heterocycles. The highest BCUT2D eigenvalue weighted by Gasteiger charge is 2.41. The summed E-state index contributed by atoms with van der Waals surface area (Å²) in [7, 11) is -4.00. The Balaban J connectivity index is 0.000000254. The highest BCUT2D eigenvalue weighted by molar-refractivity contribution is 7.55. The number of nitrogens with two attached hydrogens (primary N) is 1. The van der Waals surface area contributed by atoms with E-state index in [9.17, 15) is 24.1 Å². The van der Waals surface area contributed by atoms with Crippen molar-refractivity contribution in [3.63, 3.8) is 0 Å². The molecule has 1 saturated heterocycles. The van der Waals surface area contributed by atoms with Gasteiger partial charge in [0.05, 0.1) is 31.3 Å². The summed E-state index contributed by atoms with van der Waals surface area (Å²) in [5, 5.41) is 13.9. The molecule has 2 saturated carbocycles. The summed E-state index contributed by atoms with van der Waals surface area (Å²) in [5.74, 6) is -2.68. The molecule has 0 aromatic heterocycles. The lowest BCUT2D eigenvalue weighted by atomic mass is 9.91. The number of carbonyl (C=O) groups is 3. The van der Waals surface area contributed by atoms with E-state index in [4.69, 9.17) is 9.05 Å². The minimum Gasteiger partial charge on any atom is -0.549 e. The number of carbonyl (C=O) groups excluding carboxylic acids is 3. The normalized spacial score (nSPS) is 21.6. The molecule has 0 bridgehead atoms. The van der Waals surface area contributed by atoms with E-state index in [0.717, 1.165) is 17.0 Å². The van der Waals surface area contributed by atoms with Crippen LogP contribution >= 0.6 is 7.60 Å². The van der Waals surface area contributed by atoms with Crippen LogP contribution in [0, 0.1) is 0 Å². The Morgan fingerprint density at radius 1 is 0.939 bits per heavy atom. The van der Waals surface area contributed by atoms with Gasteiger partial charge < -0.3 is 24.3 Å². The summed E-state index contributed by atoms with van der Waals surface area (Å²) in [6.07, 6.45) is 15.0. The second kappa shape index (κ2) is 14.2. The van der Waals surface area contributed by atoms with E-state index in [-0.39, 0.29) is 26.1 Å². The average Bonchev–Trinajstić information content (AvgIpc) is 3.11. The van der Waals surface area contributed by atoms with E-state index in [1.807, 2.05) is 0 Å². The SMILES string of the molecule is C1CCC([NH2+]C2CCCCC2)CC1.CCOP(=O)(OCC)C(CN1C(=O)CCC1=O)C(=O)[O-]. The zero-order chi connectivity index (χ0) is 24.3. The Kier molecular flexibility index (Phi) is 12.0. The molecule has 0 aromatic carbocycles. The molecule has 2 N–H and O–H groups in total. The van der Waals surface area contributed by atoms with E-state index in [2.05, 4.69) is 5.32 Å². The summed E-state index contributed by atoms with van der Waals surface area (Å²) in [5.41, 5.74) is -1.69. The molecule has 3 fully saturated rings. The Hall–Kier alpha value is -1.28. The van der Waals surface area contributed by atoms with Gasteiger partial charge in [-0.1, -0.05) is 12.8 Å². The number of rotatable bonds is 10. The van der Waals surface area contributed by atoms with Crippen molar-refractivity contribution in [2.75, 3.05) is 19.8 Å². The van der Waals surface area contributed by atoms with Gasteiger partial charge in [-0.2, -0.15) is 0 Å². The molecule has 190 valence electrons. The first kappa shape index (κ1) is 28.0. The number of hydrogen-bond acceptors (Lipinski definition) is 7. The van der Waals surface area contributed by atoms with Gasteiger partial charge in [-0.25, -0.2) is 0 Å². The first-order chi connectivity index (χ1) is 15.8. The van der Waals surface area contributed by atoms with Crippen LogP contribution in [0.25, 0.3) is 0 Å². The monoisotopic (exact) mass is 488 g/mol.